The number of halogens is 3. The molecule has 3 heterocycles. The van der Waals surface area contributed by atoms with Crippen molar-refractivity contribution >= 4 is 17.3 Å². The predicted octanol–water partition coefficient (Wildman–Crippen LogP) is 1.66. The molecule has 1 unspecified atom stereocenters. The molecule has 28 heavy (non-hydrogen) atoms. The van der Waals surface area contributed by atoms with Crippen LogP contribution in [0.5, 0.6) is 5.88 Å². The Kier molecular flexibility index (Phi) is 3.23. The van der Waals surface area contributed by atoms with Crippen molar-refractivity contribution in [3.8, 4) is 11.9 Å². The second-order valence-corrected chi connectivity index (χ2v) is 5.92. The van der Waals surface area contributed by atoms with E-state index in [4.69, 9.17) is 10.5 Å². The number of fused-ring (bicyclic) bond motifs is 4. The normalized spacial score (nSPS) is 20.3. The van der Waals surface area contributed by atoms with Crippen LogP contribution in [0.2, 0.25) is 0 Å². The number of amides is 1. The first-order valence-electron chi connectivity index (χ1n) is 7.47. The summed E-state index contributed by atoms with van der Waals surface area (Å²) < 4.78 is 45.8. The molecule has 13 heteroatoms. The van der Waals surface area contributed by atoms with Gasteiger partial charge in [0.2, 0.25) is 17.7 Å². The minimum atomic E-state index is -4.99. The van der Waals surface area contributed by atoms with Crippen LogP contribution in [0.4, 0.5) is 24.5 Å². The number of nitrogens with two attached hydrogens (primary N) is 1. The number of nitro benzene ring substituents is 1. The number of carbonyl (C=O) groups is 1. The minimum Gasteiger partial charge on any atom is -0.420 e. The van der Waals surface area contributed by atoms with E-state index in [0.29, 0.717) is 0 Å². The van der Waals surface area contributed by atoms with Gasteiger partial charge in [0, 0.05) is 23.4 Å². The molecular weight excluding hydrogens is 385 g/mol. The molecule has 10 nitrogen and oxygen atoms in total. The molecule has 142 valence electrons. The quantitative estimate of drug-likeness (QED) is 0.491. The molecule has 0 fully saturated rings. The van der Waals surface area contributed by atoms with Crippen molar-refractivity contribution in [3.63, 3.8) is 0 Å². The van der Waals surface area contributed by atoms with E-state index in [9.17, 15) is 33.3 Å². The lowest BCUT2D eigenvalue weighted by Gasteiger charge is -2.31. The van der Waals surface area contributed by atoms with E-state index in [1.54, 1.807) is 11.2 Å². The average Bonchev–Trinajstić information content (AvgIpc) is 3.15. The molecule has 4 N–H and O–H groups in total. The van der Waals surface area contributed by atoms with Gasteiger partial charge in [-0.05, 0) is 6.07 Å². The first-order valence-corrected chi connectivity index (χ1v) is 7.47. The lowest BCUT2D eigenvalue weighted by atomic mass is 9.69. The monoisotopic (exact) mass is 392 g/mol. The fourth-order valence-corrected chi connectivity index (χ4v) is 3.46. The molecule has 4 rings (SSSR count). The van der Waals surface area contributed by atoms with E-state index in [-0.39, 0.29) is 11.3 Å². The standard InChI is InChI=1S/C15H7F3N6O4/c16-15(17,18)10-9-12(23-22-10)28-11(20)7(4-19)14(9)6-3-5(24(26)27)1-2-8(6)21-13(14)25/h1-3H,20H2,(H,21,25)(H,22,23). The van der Waals surface area contributed by atoms with Gasteiger partial charge in [-0.3, -0.25) is 20.0 Å². The van der Waals surface area contributed by atoms with Gasteiger partial charge >= 0.3 is 6.18 Å². The van der Waals surface area contributed by atoms with Gasteiger partial charge in [0.15, 0.2) is 0 Å². The molecule has 1 amide bonds. The van der Waals surface area contributed by atoms with Crippen LogP contribution in [-0.2, 0) is 16.4 Å². The number of H-pyrrole nitrogens is 1. The predicted molar refractivity (Wildman–Crippen MR) is 83.6 cm³/mol. The Morgan fingerprint density at radius 2 is 2.11 bits per heavy atom. The second-order valence-electron chi connectivity index (χ2n) is 5.92. The van der Waals surface area contributed by atoms with Crippen molar-refractivity contribution in [2.24, 2.45) is 5.73 Å². The summed E-state index contributed by atoms with van der Waals surface area (Å²) in [5, 5.41) is 28.3. The van der Waals surface area contributed by atoms with Gasteiger partial charge in [0.05, 0.1) is 10.5 Å². The summed E-state index contributed by atoms with van der Waals surface area (Å²) in [6.45, 7) is 0. The van der Waals surface area contributed by atoms with Crippen molar-refractivity contribution in [3.05, 3.63) is 56.6 Å². The molecule has 2 aliphatic heterocycles. The zero-order valence-corrected chi connectivity index (χ0v) is 13.4. The fraction of sp³-hybridized carbons (Fsp3) is 0.133. The van der Waals surface area contributed by atoms with Crippen molar-refractivity contribution in [2.75, 3.05) is 5.32 Å². The summed E-state index contributed by atoms with van der Waals surface area (Å²) >= 11 is 0. The maximum absolute atomic E-state index is 13.6. The van der Waals surface area contributed by atoms with Crippen LogP contribution >= 0.6 is 0 Å². The number of hydrogen-bond donors (Lipinski definition) is 3. The Balaban J connectivity index is 2.17. The van der Waals surface area contributed by atoms with Gasteiger partial charge < -0.3 is 15.8 Å². The van der Waals surface area contributed by atoms with Gasteiger partial charge in [0.1, 0.15) is 22.8 Å². The number of nitro groups is 1. The van der Waals surface area contributed by atoms with E-state index in [1.165, 1.54) is 0 Å². The lowest BCUT2D eigenvalue weighted by molar-refractivity contribution is -0.384. The average molecular weight is 392 g/mol. The van der Waals surface area contributed by atoms with E-state index in [1.807, 2.05) is 0 Å². The fourth-order valence-electron chi connectivity index (χ4n) is 3.46. The number of rotatable bonds is 1. The molecule has 0 saturated heterocycles. The SMILES string of the molecule is N#CC1=C(N)Oc2n[nH]c(C(F)(F)F)c2C12C(=O)Nc1ccc([N+](=O)[O-])cc12. The Morgan fingerprint density at radius 3 is 2.71 bits per heavy atom. The molecule has 2 aliphatic rings. The number of non-ortho nitro benzene ring substituents is 1. The lowest BCUT2D eigenvalue weighted by Crippen LogP contribution is -2.43. The molecule has 1 aromatic heterocycles. The number of benzene rings is 1. The van der Waals surface area contributed by atoms with Gasteiger partial charge in [-0.2, -0.15) is 18.4 Å². The number of aromatic nitrogens is 2. The molecule has 0 radical (unpaired) electrons. The van der Waals surface area contributed by atoms with Crippen molar-refractivity contribution < 1.29 is 27.6 Å². The Labute approximate surface area is 152 Å². The van der Waals surface area contributed by atoms with Crippen LogP contribution in [0.25, 0.3) is 0 Å². The first-order chi connectivity index (χ1) is 13.1. The molecule has 1 atom stereocenters. The minimum absolute atomic E-state index is 0.00155. The number of aromatic amines is 1. The first kappa shape index (κ1) is 17.3. The highest BCUT2D eigenvalue weighted by molar-refractivity contribution is 6.13. The maximum atomic E-state index is 13.6. The Morgan fingerprint density at radius 1 is 1.39 bits per heavy atom. The van der Waals surface area contributed by atoms with Crippen LogP contribution in [0.15, 0.2) is 29.7 Å². The van der Waals surface area contributed by atoms with Gasteiger partial charge in [-0.15, -0.1) is 5.10 Å². The molecule has 2 aromatic rings. The summed E-state index contributed by atoms with van der Waals surface area (Å²) in [6, 6.07) is 4.75. The molecule has 1 spiro atoms. The third-order valence-electron chi connectivity index (χ3n) is 4.54. The molecule has 0 aliphatic carbocycles. The van der Waals surface area contributed by atoms with Crippen molar-refractivity contribution in [1.82, 2.24) is 10.2 Å². The number of anilines is 1. The van der Waals surface area contributed by atoms with Crippen molar-refractivity contribution in [2.45, 2.75) is 11.6 Å². The van der Waals surface area contributed by atoms with Crippen LogP contribution < -0.4 is 15.8 Å². The summed E-state index contributed by atoms with van der Waals surface area (Å²) in [5.74, 6) is -2.33. The summed E-state index contributed by atoms with van der Waals surface area (Å²) in [4.78, 5) is 23.3. The highest BCUT2D eigenvalue weighted by Crippen LogP contribution is 2.56. The zero-order chi connectivity index (χ0) is 20.4. The maximum Gasteiger partial charge on any atom is 0.433 e. The second kappa shape index (κ2) is 5.22. The smallest absolute Gasteiger partial charge is 0.420 e. The Hall–Kier alpha value is -4.08. The number of nitrogens with zero attached hydrogens (tertiary/aromatic N) is 3. The van der Waals surface area contributed by atoms with E-state index in [2.05, 4.69) is 10.4 Å². The number of carbonyl (C=O) groups excluding carboxylic acids is 1. The van der Waals surface area contributed by atoms with E-state index >= 15 is 0 Å². The number of alkyl halides is 3. The third-order valence-corrected chi connectivity index (χ3v) is 4.54. The van der Waals surface area contributed by atoms with Gasteiger partial charge in [-0.1, -0.05) is 0 Å². The number of nitriles is 1. The van der Waals surface area contributed by atoms with Crippen LogP contribution in [0.3, 0.4) is 0 Å². The van der Waals surface area contributed by atoms with Crippen molar-refractivity contribution in [1.29, 1.82) is 5.26 Å². The molecule has 0 bridgehead atoms. The Bertz CT molecular complexity index is 1150. The van der Waals surface area contributed by atoms with Crippen LogP contribution in [0.1, 0.15) is 16.8 Å². The van der Waals surface area contributed by atoms with E-state index < -0.39 is 56.7 Å². The highest BCUT2D eigenvalue weighted by Gasteiger charge is 2.61. The van der Waals surface area contributed by atoms with E-state index in [0.717, 1.165) is 18.2 Å². The summed E-state index contributed by atoms with van der Waals surface area (Å²) in [6.07, 6.45) is -4.99. The zero-order valence-electron chi connectivity index (χ0n) is 13.4. The molecule has 0 saturated carbocycles. The van der Waals surface area contributed by atoms with Crippen LogP contribution in [0, 0.1) is 21.4 Å². The number of hydrogen-bond acceptors (Lipinski definition) is 7. The largest absolute Gasteiger partial charge is 0.433 e. The van der Waals surface area contributed by atoms with Crippen LogP contribution in [-0.4, -0.2) is 21.0 Å². The van der Waals surface area contributed by atoms with Gasteiger partial charge in [0.25, 0.3) is 5.69 Å². The highest BCUT2D eigenvalue weighted by atomic mass is 19.4. The van der Waals surface area contributed by atoms with Gasteiger partial charge in [-0.25, -0.2) is 0 Å². The molecule has 1 aromatic carbocycles. The topological polar surface area (TPSA) is 160 Å². The number of ether oxygens (including phenoxy) is 1. The summed E-state index contributed by atoms with van der Waals surface area (Å²) in [7, 11) is 0. The molecular formula is C15H7F3N6O4. The third kappa shape index (κ3) is 1.96. The summed E-state index contributed by atoms with van der Waals surface area (Å²) in [5.41, 5.74) is -0.314. The number of nitrogens with one attached hydrogen (secondary N) is 2.